The number of carbonyl (C=O) groups is 2. The SMILES string of the molecule is O=C(N[C@@H](Cc1ccc(F)cc1F)C(=O)N1CC2(CCOCC2)C1)c1cc2cc(Cl)cnc2[nH]1. The van der Waals surface area contributed by atoms with Crippen molar-refractivity contribution in [1.82, 2.24) is 20.2 Å². The van der Waals surface area contributed by atoms with Crippen molar-refractivity contribution < 1.29 is 23.1 Å². The molecule has 178 valence electrons. The first-order chi connectivity index (χ1) is 16.3. The number of amides is 2. The molecule has 0 saturated carbocycles. The summed E-state index contributed by atoms with van der Waals surface area (Å²) < 4.78 is 33.2. The zero-order chi connectivity index (χ0) is 23.9. The van der Waals surface area contributed by atoms with E-state index in [0.29, 0.717) is 42.4 Å². The van der Waals surface area contributed by atoms with Gasteiger partial charge in [-0.3, -0.25) is 9.59 Å². The first-order valence-corrected chi connectivity index (χ1v) is 11.5. The lowest BCUT2D eigenvalue weighted by Crippen LogP contribution is -2.64. The van der Waals surface area contributed by atoms with Gasteiger partial charge in [-0.1, -0.05) is 17.7 Å². The zero-order valence-electron chi connectivity index (χ0n) is 18.2. The molecule has 34 heavy (non-hydrogen) atoms. The third-order valence-electron chi connectivity index (χ3n) is 6.64. The van der Waals surface area contributed by atoms with Gasteiger partial charge in [-0.2, -0.15) is 0 Å². The summed E-state index contributed by atoms with van der Waals surface area (Å²) in [6.45, 7) is 2.48. The maximum atomic E-state index is 14.4. The number of nitrogens with zero attached hydrogens (tertiary/aromatic N) is 2. The van der Waals surface area contributed by atoms with Crippen LogP contribution in [0.3, 0.4) is 0 Å². The van der Waals surface area contributed by atoms with Crippen LogP contribution in [0, 0.1) is 17.0 Å². The van der Waals surface area contributed by atoms with Crippen molar-refractivity contribution in [3.05, 3.63) is 64.4 Å². The number of H-pyrrole nitrogens is 1. The molecule has 1 spiro atoms. The highest BCUT2D eigenvalue weighted by molar-refractivity contribution is 6.31. The molecule has 2 fully saturated rings. The van der Waals surface area contributed by atoms with Crippen molar-refractivity contribution >= 4 is 34.4 Å². The molecule has 2 N–H and O–H groups in total. The average molecular weight is 489 g/mol. The Balaban J connectivity index is 1.36. The van der Waals surface area contributed by atoms with Crippen LogP contribution in [-0.2, 0) is 16.0 Å². The minimum absolute atomic E-state index is 0.0473. The number of aromatic nitrogens is 2. The number of likely N-dealkylation sites (tertiary alicyclic amines) is 1. The second-order valence-electron chi connectivity index (χ2n) is 9.05. The summed E-state index contributed by atoms with van der Waals surface area (Å²) >= 11 is 5.97. The fourth-order valence-corrected chi connectivity index (χ4v) is 4.88. The molecule has 3 aromatic rings. The van der Waals surface area contributed by atoms with Crippen LogP contribution in [0.15, 0.2) is 36.5 Å². The van der Waals surface area contributed by atoms with Crippen LogP contribution in [0.2, 0.25) is 5.02 Å². The molecule has 5 rings (SSSR count). The molecular weight excluding hydrogens is 466 g/mol. The maximum absolute atomic E-state index is 14.4. The van der Waals surface area contributed by atoms with Crippen LogP contribution in [0.25, 0.3) is 11.0 Å². The van der Waals surface area contributed by atoms with Gasteiger partial charge in [0.25, 0.3) is 5.91 Å². The molecular formula is C24H23ClF2N4O3. The Morgan fingerprint density at radius 2 is 1.97 bits per heavy atom. The predicted molar refractivity (Wildman–Crippen MR) is 121 cm³/mol. The Morgan fingerprint density at radius 3 is 2.71 bits per heavy atom. The van der Waals surface area contributed by atoms with Crippen molar-refractivity contribution in [2.24, 2.45) is 5.41 Å². The van der Waals surface area contributed by atoms with Crippen molar-refractivity contribution in [2.75, 3.05) is 26.3 Å². The number of halogens is 3. The van der Waals surface area contributed by atoms with E-state index in [9.17, 15) is 18.4 Å². The first-order valence-electron chi connectivity index (χ1n) is 11.1. The molecule has 0 unspecified atom stereocenters. The molecule has 2 aliphatic rings. The molecule has 2 aliphatic heterocycles. The van der Waals surface area contributed by atoms with E-state index in [1.807, 2.05) is 0 Å². The number of ether oxygens (including phenoxy) is 1. The largest absolute Gasteiger partial charge is 0.381 e. The number of carbonyl (C=O) groups excluding carboxylic acids is 2. The van der Waals surface area contributed by atoms with E-state index in [-0.39, 0.29) is 29.0 Å². The average Bonchev–Trinajstić information content (AvgIpc) is 3.22. The van der Waals surface area contributed by atoms with Crippen molar-refractivity contribution in [1.29, 1.82) is 0 Å². The predicted octanol–water partition coefficient (Wildman–Crippen LogP) is 3.47. The van der Waals surface area contributed by atoms with Crippen LogP contribution in [-0.4, -0.2) is 59.0 Å². The zero-order valence-corrected chi connectivity index (χ0v) is 19.0. The summed E-state index contributed by atoms with van der Waals surface area (Å²) in [5.41, 5.74) is 0.871. The topological polar surface area (TPSA) is 87.3 Å². The van der Waals surface area contributed by atoms with E-state index < -0.39 is 23.6 Å². The highest BCUT2D eigenvalue weighted by Crippen LogP contribution is 2.40. The summed E-state index contributed by atoms with van der Waals surface area (Å²) in [5.74, 6) is -2.30. The minimum Gasteiger partial charge on any atom is -0.381 e. The molecule has 10 heteroatoms. The molecule has 1 atom stereocenters. The summed E-state index contributed by atoms with van der Waals surface area (Å²) in [7, 11) is 0. The minimum atomic E-state index is -1.02. The number of nitrogens with one attached hydrogen (secondary N) is 2. The van der Waals surface area contributed by atoms with Gasteiger partial charge in [0.1, 0.15) is 29.0 Å². The van der Waals surface area contributed by atoms with Gasteiger partial charge in [0.2, 0.25) is 5.91 Å². The Hall–Kier alpha value is -3.04. The molecule has 2 aromatic heterocycles. The second-order valence-corrected chi connectivity index (χ2v) is 9.48. The number of rotatable bonds is 5. The third-order valence-corrected chi connectivity index (χ3v) is 6.85. The van der Waals surface area contributed by atoms with Gasteiger partial charge in [0, 0.05) is 55.8 Å². The van der Waals surface area contributed by atoms with Crippen LogP contribution in [0.5, 0.6) is 0 Å². The number of fused-ring (bicyclic) bond motifs is 1. The number of hydrogen-bond acceptors (Lipinski definition) is 4. The van der Waals surface area contributed by atoms with Crippen LogP contribution in [0.4, 0.5) is 8.78 Å². The lowest BCUT2D eigenvalue weighted by atomic mass is 9.73. The van der Waals surface area contributed by atoms with E-state index in [1.165, 1.54) is 12.3 Å². The number of benzene rings is 1. The van der Waals surface area contributed by atoms with Gasteiger partial charge in [-0.05, 0) is 36.6 Å². The molecule has 0 aliphatic carbocycles. The van der Waals surface area contributed by atoms with E-state index >= 15 is 0 Å². The lowest BCUT2D eigenvalue weighted by Gasteiger charge is -2.52. The fraction of sp³-hybridized carbons (Fsp3) is 0.375. The molecule has 4 heterocycles. The molecule has 7 nitrogen and oxygen atoms in total. The summed E-state index contributed by atoms with van der Waals surface area (Å²) in [6, 6.07) is 5.43. The van der Waals surface area contributed by atoms with Gasteiger partial charge in [0.15, 0.2) is 0 Å². The van der Waals surface area contributed by atoms with Crippen molar-refractivity contribution in [3.63, 3.8) is 0 Å². The summed E-state index contributed by atoms with van der Waals surface area (Å²) in [4.78, 5) is 35.1. The Morgan fingerprint density at radius 1 is 1.21 bits per heavy atom. The van der Waals surface area contributed by atoms with Crippen LogP contribution >= 0.6 is 11.6 Å². The molecule has 2 amide bonds. The highest BCUT2D eigenvalue weighted by atomic mass is 35.5. The van der Waals surface area contributed by atoms with E-state index in [1.54, 1.807) is 17.0 Å². The number of aromatic amines is 1. The second kappa shape index (κ2) is 8.96. The molecule has 2 saturated heterocycles. The normalized spacial score (nSPS) is 18.0. The van der Waals surface area contributed by atoms with Gasteiger partial charge in [-0.15, -0.1) is 0 Å². The number of pyridine rings is 1. The Labute approximate surface area is 199 Å². The maximum Gasteiger partial charge on any atom is 0.268 e. The van der Waals surface area contributed by atoms with E-state index in [0.717, 1.165) is 25.0 Å². The van der Waals surface area contributed by atoms with Gasteiger partial charge < -0.3 is 19.9 Å². The van der Waals surface area contributed by atoms with Gasteiger partial charge >= 0.3 is 0 Å². The van der Waals surface area contributed by atoms with Crippen LogP contribution in [0.1, 0.15) is 28.9 Å². The van der Waals surface area contributed by atoms with Crippen LogP contribution < -0.4 is 5.32 Å². The van der Waals surface area contributed by atoms with Gasteiger partial charge in [-0.25, -0.2) is 13.8 Å². The third kappa shape index (κ3) is 4.50. The smallest absolute Gasteiger partial charge is 0.268 e. The lowest BCUT2D eigenvalue weighted by molar-refractivity contribution is -0.152. The monoisotopic (exact) mass is 488 g/mol. The highest BCUT2D eigenvalue weighted by Gasteiger charge is 2.47. The Kier molecular flexibility index (Phi) is 5.99. The van der Waals surface area contributed by atoms with Crippen molar-refractivity contribution in [3.8, 4) is 0 Å². The quantitative estimate of drug-likeness (QED) is 0.575. The van der Waals surface area contributed by atoms with E-state index in [2.05, 4.69) is 15.3 Å². The van der Waals surface area contributed by atoms with Gasteiger partial charge in [0.05, 0.1) is 5.02 Å². The molecule has 1 aromatic carbocycles. The summed E-state index contributed by atoms with van der Waals surface area (Å²) in [5, 5.41) is 3.81. The van der Waals surface area contributed by atoms with E-state index in [4.69, 9.17) is 16.3 Å². The van der Waals surface area contributed by atoms with Crippen molar-refractivity contribution in [2.45, 2.75) is 25.3 Å². The number of hydrogen-bond donors (Lipinski definition) is 2. The Bertz CT molecular complexity index is 1250. The molecule has 0 bridgehead atoms. The molecule has 0 radical (unpaired) electrons. The standard InChI is InChI=1S/C24H23ClF2N4O3/c25-16-7-15-9-19(29-21(15)28-11-16)22(32)30-20(8-14-1-2-17(26)10-18(14)27)23(33)31-12-24(13-31)3-5-34-6-4-24/h1-2,7,9-11,20H,3-6,8,12-13H2,(H,28,29)(H,30,32)/t20-/m0/s1. The summed E-state index contributed by atoms with van der Waals surface area (Å²) in [6.07, 6.45) is 3.12. The first kappa shape index (κ1) is 22.7. The fourth-order valence-electron chi connectivity index (χ4n) is 4.71.